The van der Waals surface area contributed by atoms with Gasteiger partial charge in [0.25, 0.3) is 5.91 Å². The van der Waals surface area contributed by atoms with Crippen molar-refractivity contribution < 1.29 is 4.79 Å². The molecule has 0 aliphatic carbocycles. The number of hydrogen-bond acceptors (Lipinski definition) is 5. The van der Waals surface area contributed by atoms with E-state index in [9.17, 15) is 4.79 Å². The monoisotopic (exact) mass is 343 g/mol. The third-order valence-electron chi connectivity index (χ3n) is 2.59. The van der Waals surface area contributed by atoms with E-state index in [4.69, 9.17) is 5.73 Å². The second kappa shape index (κ2) is 9.04. The highest BCUT2D eigenvalue weighted by atomic mass is 35.5. The molecule has 3 N–H and O–H groups in total. The normalized spacial score (nSPS) is 11.5. The maximum Gasteiger partial charge on any atom is 0.270 e. The molecule has 4 nitrogen and oxygen atoms in total. The van der Waals surface area contributed by atoms with Crippen LogP contribution in [0.3, 0.4) is 0 Å². The van der Waals surface area contributed by atoms with Crippen LogP contribution in [0.25, 0.3) is 0 Å². The first-order chi connectivity index (χ1) is 9.69. The maximum absolute atomic E-state index is 11.9. The van der Waals surface area contributed by atoms with Gasteiger partial charge < -0.3 is 11.1 Å². The van der Waals surface area contributed by atoms with Crippen molar-refractivity contribution in [3.63, 3.8) is 0 Å². The molecule has 0 aliphatic heterocycles. The predicted octanol–water partition coefficient (Wildman–Crippen LogP) is 2.93. The fraction of sp³-hybridized carbons (Fsp3) is 0.286. The Bertz CT molecular complexity index is 562. The molecule has 1 amide bonds. The SMILES string of the molecule is CC(CNC(=O)c1csc(CN)n1)Sc1ccccc1.Cl. The van der Waals surface area contributed by atoms with Gasteiger partial charge in [-0.1, -0.05) is 25.1 Å². The molecular formula is C14H18ClN3OS2. The fourth-order valence-corrected chi connectivity index (χ4v) is 3.21. The number of carbonyl (C=O) groups is 1. The summed E-state index contributed by atoms with van der Waals surface area (Å²) in [7, 11) is 0. The molecule has 0 radical (unpaired) electrons. The Labute approximate surface area is 139 Å². The Hall–Kier alpha value is -1.08. The molecule has 2 rings (SSSR count). The van der Waals surface area contributed by atoms with Crippen molar-refractivity contribution in [1.29, 1.82) is 0 Å². The second-order valence-electron chi connectivity index (χ2n) is 4.28. The Morgan fingerprint density at radius 2 is 2.14 bits per heavy atom. The van der Waals surface area contributed by atoms with Gasteiger partial charge >= 0.3 is 0 Å². The number of hydrogen-bond donors (Lipinski definition) is 2. The highest BCUT2D eigenvalue weighted by molar-refractivity contribution is 8.00. The van der Waals surface area contributed by atoms with E-state index in [1.54, 1.807) is 17.1 Å². The van der Waals surface area contributed by atoms with Crippen LogP contribution in [0, 0.1) is 0 Å². The number of nitrogens with two attached hydrogens (primary N) is 1. The molecule has 1 heterocycles. The van der Waals surface area contributed by atoms with Gasteiger partial charge in [-0.05, 0) is 12.1 Å². The molecule has 114 valence electrons. The quantitative estimate of drug-likeness (QED) is 0.791. The van der Waals surface area contributed by atoms with E-state index in [0.29, 0.717) is 24.0 Å². The number of halogens is 1. The molecule has 0 saturated carbocycles. The lowest BCUT2D eigenvalue weighted by Gasteiger charge is -2.11. The van der Waals surface area contributed by atoms with Crippen LogP contribution in [0.2, 0.25) is 0 Å². The number of amides is 1. The smallest absolute Gasteiger partial charge is 0.270 e. The number of nitrogens with one attached hydrogen (secondary N) is 1. The summed E-state index contributed by atoms with van der Waals surface area (Å²) < 4.78 is 0. The average molecular weight is 344 g/mol. The van der Waals surface area contributed by atoms with E-state index in [-0.39, 0.29) is 18.3 Å². The van der Waals surface area contributed by atoms with Gasteiger partial charge in [-0.3, -0.25) is 4.79 Å². The summed E-state index contributed by atoms with van der Waals surface area (Å²) in [6.45, 7) is 3.07. The molecule has 0 bridgehead atoms. The largest absolute Gasteiger partial charge is 0.350 e. The predicted molar refractivity (Wildman–Crippen MR) is 91.3 cm³/mol. The average Bonchev–Trinajstić information content (AvgIpc) is 2.95. The summed E-state index contributed by atoms with van der Waals surface area (Å²) in [5, 5.41) is 5.72. The number of thiazole rings is 1. The molecule has 0 saturated heterocycles. The van der Waals surface area contributed by atoms with Crippen molar-refractivity contribution in [3.05, 3.63) is 46.4 Å². The van der Waals surface area contributed by atoms with E-state index in [0.717, 1.165) is 5.01 Å². The van der Waals surface area contributed by atoms with E-state index >= 15 is 0 Å². The second-order valence-corrected chi connectivity index (χ2v) is 6.74. The van der Waals surface area contributed by atoms with Crippen LogP contribution in [0.1, 0.15) is 22.4 Å². The summed E-state index contributed by atoms with van der Waals surface area (Å²) >= 11 is 3.15. The van der Waals surface area contributed by atoms with Gasteiger partial charge in [0.1, 0.15) is 10.7 Å². The standard InChI is InChI=1S/C14H17N3OS2.ClH/c1-10(20-11-5-3-2-4-6-11)8-16-14(18)12-9-19-13(7-15)17-12;/h2-6,9-10H,7-8,15H2,1H3,(H,16,18);1H. The van der Waals surface area contributed by atoms with Crippen molar-refractivity contribution in [2.24, 2.45) is 5.73 Å². The van der Waals surface area contributed by atoms with Crippen LogP contribution in [-0.2, 0) is 6.54 Å². The third kappa shape index (κ3) is 5.67. The summed E-state index contributed by atoms with van der Waals surface area (Å²) in [4.78, 5) is 17.3. The van der Waals surface area contributed by atoms with E-state index in [1.807, 2.05) is 18.2 Å². The molecule has 0 fully saturated rings. The lowest BCUT2D eigenvalue weighted by Crippen LogP contribution is -2.29. The first-order valence-electron chi connectivity index (χ1n) is 6.33. The maximum atomic E-state index is 11.9. The fourth-order valence-electron chi connectivity index (χ4n) is 1.61. The number of aromatic nitrogens is 1. The number of thioether (sulfide) groups is 1. The molecular weight excluding hydrogens is 326 g/mol. The Balaban J connectivity index is 0.00000220. The zero-order chi connectivity index (χ0) is 14.4. The van der Waals surface area contributed by atoms with Crippen LogP contribution in [0.4, 0.5) is 0 Å². The van der Waals surface area contributed by atoms with Crippen molar-refractivity contribution in [1.82, 2.24) is 10.3 Å². The minimum Gasteiger partial charge on any atom is -0.350 e. The summed E-state index contributed by atoms with van der Waals surface area (Å²) in [5.41, 5.74) is 5.94. The molecule has 1 aromatic carbocycles. The molecule has 0 aliphatic rings. The Morgan fingerprint density at radius 3 is 2.76 bits per heavy atom. The van der Waals surface area contributed by atoms with Crippen molar-refractivity contribution in [3.8, 4) is 0 Å². The first kappa shape index (κ1) is 18.0. The van der Waals surface area contributed by atoms with E-state index in [2.05, 4.69) is 29.4 Å². The third-order valence-corrected chi connectivity index (χ3v) is 4.57. The zero-order valence-corrected chi connectivity index (χ0v) is 14.1. The summed E-state index contributed by atoms with van der Waals surface area (Å²) in [5.74, 6) is -0.138. The molecule has 1 atom stereocenters. The van der Waals surface area contributed by atoms with Gasteiger partial charge in [0.15, 0.2) is 0 Å². The van der Waals surface area contributed by atoms with Crippen LogP contribution >= 0.6 is 35.5 Å². The van der Waals surface area contributed by atoms with Crippen LogP contribution in [0.15, 0.2) is 40.6 Å². The Kier molecular flexibility index (Phi) is 7.74. The molecule has 1 aromatic heterocycles. The zero-order valence-electron chi connectivity index (χ0n) is 11.6. The lowest BCUT2D eigenvalue weighted by atomic mass is 10.4. The molecule has 21 heavy (non-hydrogen) atoms. The highest BCUT2D eigenvalue weighted by Crippen LogP contribution is 2.22. The van der Waals surface area contributed by atoms with Crippen molar-refractivity contribution >= 4 is 41.4 Å². The minimum atomic E-state index is -0.138. The van der Waals surface area contributed by atoms with Gasteiger partial charge in [-0.2, -0.15) is 0 Å². The van der Waals surface area contributed by atoms with Gasteiger partial charge in [0.2, 0.25) is 0 Å². The van der Waals surface area contributed by atoms with Gasteiger partial charge in [-0.25, -0.2) is 4.98 Å². The minimum absolute atomic E-state index is 0. The number of nitrogens with zero attached hydrogens (tertiary/aromatic N) is 1. The molecule has 1 unspecified atom stereocenters. The van der Waals surface area contributed by atoms with Gasteiger partial charge in [0.05, 0.1) is 0 Å². The molecule has 7 heteroatoms. The Morgan fingerprint density at radius 1 is 1.43 bits per heavy atom. The van der Waals surface area contributed by atoms with E-state index < -0.39 is 0 Å². The van der Waals surface area contributed by atoms with Crippen molar-refractivity contribution in [2.45, 2.75) is 23.6 Å². The van der Waals surface area contributed by atoms with Gasteiger partial charge in [0, 0.05) is 28.6 Å². The number of rotatable bonds is 6. The van der Waals surface area contributed by atoms with E-state index in [1.165, 1.54) is 16.2 Å². The number of benzene rings is 1. The topological polar surface area (TPSA) is 68.0 Å². The highest BCUT2D eigenvalue weighted by Gasteiger charge is 2.11. The van der Waals surface area contributed by atoms with Crippen molar-refractivity contribution in [2.75, 3.05) is 6.54 Å². The van der Waals surface area contributed by atoms with Crippen LogP contribution in [-0.4, -0.2) is 22.7 Å². The van der Waals surface area contributed by atoms with Crippen LogP contribution in [0.5, 0.6) is 0 Å². The number of carbonyl (C=O) groups excluding carboxylic acids is 1. The lowest BCUT2D eigenvalue weighted by molar-refractivity contribution is 0.0949. The van der Waals surface area contributed by atoms with Gasteiger partial charge in [-0.15, -0.1) is 35.5 Å². The molecule has 0 spiro atoms. The molecule has 2 aromatic rings. The summed E-state index contributed by atoms with van der Waals surface area (Å²) in [6, 6.07) is 10.1. The first-order valence-corrected chi connectivity index (χ1v) is 8.09. The van der Waals surface area contributed by atoms with Crippen LogP contribution < -0.4 is 11.1 Å². The summed E-state index contributed by atoms with van der Waals surface area (Å²) in [6.07, 6.45) is 0.